The summed E-state index contributed by atoms with van der Waals surface area (Å²) in [5.41, 5.74) is 5.69. The molecule has 1 aromatic heterocycles. The number of anilines is 1. The van der Waals surface area contributed by atoms with Crippen LogP contribution >= 0.6 is 0 Å². The number of benzene rings is 2. The summed E-state index contributed by atoms with van der Waals surface area (Å²) in [6.07, 6.45) is 8.21. The van der Waals surface area contributed by atoms with Crippen molar-refractivity contribution in [1.29, 1.82) is 0 Å². The van der Waals surface area contributed by atoms with Crippen molar-refractivity contribution < 1.29 is 9.59 Å². The summed E-state index contributed by atoms with van der Waals surface area (Å²) >= 11 is 0. The summed E-state index contributed by atoms with van der Waals surface area (Å²) in [4.78, 5) is 39.2. The lowest BCUT2D eigenvalue weighted by Gasteiger charge is -2.33. The maximum atomic E-state index is 14.1. The van der Waals surface area contributed by atoms with E-state index in [9.17, 15) is 9.59 Å². The maximum Gasteiger partial charge on any atom is 0.254 e. The Kier molecular flexibility index (Phi) is 8.89. The molecule has 5 rings (SSSR count). The highest BCUT2D eigenvalue weighted by Crippen LogP contribution is 2.33. The van der Waals surface area contributed by atoms with E-state index in [4.69, 9.17) is 0 Å². The van der Waals surface area contributed by atoms with Gasteiger partial charge in [0, 0.05) is 56.8 Å². The number of para-hydroxylation sites is 1. The van der Waals surface area contributed by atoms with Gasteiger partial charge in [0.1, 0.15) is 0 Å². The van der Waals surface area contributed by atoms with Gasteiger partial charge in [-0.3, -0.25) is 14.5 Å². The summed E-state index contributed by atoms with van der Waals surface area (Å²) < 4.78 is 2.09. The van der Waals surface area contributed by atoms with Crippen LogP contribution in [0, 0.1) is 12.8 Å². The second-order valence-electron chi connectivity index (χ2n) is 11.9. The van der Waals surface area contributed by atoms with Gasteiger partial charge in [-0.15, -0.1) is 0 Å². The number of nitrogens with zero attached hydrogens (tertiary/aromatic N) is 5. The van der Waals surface area contributed by atoms with Crippen LogP contribution in [0.25, 0.3) is 11.0 Å². The van der Waals surface area contributed by atoms with Crippen molar-refractivity contribution in [3.05, 3.63) is 59.4 Å². The standard InChI is InChI=1S/C33H45N5O2/c1-5-35-23-34-29-21-27(15-16-30(29)35)32(39)37-20-19-36(24(2)3)17-10-18-38(33(40)26-12-7-6-8-13-26)31-25(4)11-9-14-28(31)22-37/h9,11,14-16,21,23-24,26H,5-8,10,12-13,17-20,22H2,1-4H3. The van der Waals surface area contributed by atoms with Gasteiger partial charge >= 0.3 is 0 Å². The molecule has 0 radical (unpaired) electrons. The smallest absolute Gasteiger partial charge is 0.254 e. The average molecular weight is 544 g/mol. The summed E-state index contributed by atoms with van der Waals surface area (Å²) in [6.45, 7) is 13.0. The van der Waals surface area contributed by atoms with E-state index in [2.05, 4.69) is 65.2 Å². The first-order valence-corrected chi connectivity index (χ1v) is 15.3. The molecule has 0 spiro atoms. The molecule has 1 fully saturated rings. The zero-order valence-electron chi connectivity index (χ0n) is 24.7. The Hall–Kier alpha value is -3.19. The third kappa shape index (κ3) is 5.95. The fourth-order valence-electron chi connectivity index (χ4n) is 6.53. The molecule has 40 heavy (non-hydrogen) atoms. The summed E-state index contributed by atoms with van der Waals surface area (Å²) in [7, 11) is 0. The molecule has 1 saturated carbocycles. The largest absolute Gasteiger partial charge is 0.333 e. The van der Waals surface area contributed by atoms with Gasteiger partial charge in [-0.2, -0.15) is 0 Å². The number of carbonyl (C=O) groups is 2. The van der Waals surface area contributed by atoms with E-state index in [1.807, 2.05) is 29.4 Å². The number of amides is 2. The Labute approximate surface area is 239 Å². The highest BCUT2D eigenvalue weighted by Gasteiger charge is 2.30. The van der Waals surface area contributed by atoms with Crippen molar-refractivity contribution >= 4 is 28.5 Å². The van der Waals surface area contributed by atoms with Crippen LogP contribution < -0.4 is 4.90 Å². The molecular weight excluding hydrogens is 498 g/mol. The fourth-order valence-corrected chi connectivity index (χ4v) is 6.53. The van der Waals surface area contributed by atoms with Crippen molar-refractivity contribution in [1.82, 2.24) is 19.4 Å². The zero-order valence-corrected chi connectivity index (χ0v) is 24.7. The Balaban J connectivity index is 1.52. The number of imidazole rings is 1. The molecule has 2 aromatic carbocycles. The van der Waals surface area contributed by atoms with E-state index in [1.54, 1.807) is 0 Å². The number of aromatic nitrogens is 2. The fraction of sp³-hybridized carbons (Fsp3) is 0.545. The van der Waals surface area contributed by atoms with E-state index in [0.717, 1.165) is 79.6 Å². The first-order valence-electron chi connectivity index (χ1n) is 15.3. The van der Waals surface area contributed by atoms with Crippen LogP contribution in [0.1, 0.15) is 80.8 Å². The topological polar surface area (TPSA) is 61.7 Å². The molecule has 1 aliphatic carbocycles. The lowest BCUT2D eigenvalue weighted by atomic mass is 9.87. The van der Waals surface area contributed by atoms with Gasteiger partial charge in [-0.1, -0.05) is 37.5 Å². The molecule has 0 unspecified atom stereocenters. The second kappa shape index (κ2) is 12.5. The quantitative estimate of drug-likeness (QED) is 0.403. The van der Waals surface area contributed by atoms with Gasteiger partial charge in [-0.05, 0) is 76.3 Å². The average Bonchev–Trinajstić information content (AvgIpc) is 3.37. The van der Waals surface area contributed by atoms with Crippen molar-refractivity contribution in [2.45, 2.75) is 85.4 Å². The maximum absolute atomic E-state index is 14.1. The molecule has 0 bridgehead atoms. The molecule has 2 aliphatic rings. The van der Waals surface area contributed by atoms with Crippen LogP contribution in [0.4, 0.5) is 5.69 Å². The van der Waals surface area contributed by atoms with E-state index < -0.39 is 0 Å². The minimum Gasteiger partial charge on any atom is -0.333 e. The Bertz CT molecular complexity index is 1340. The molecule has 7 heteroatoms. The minimum absolute atomic E-state index is 0.00788. The molecule has 1 aliphatic heterocycles. The molecule has 3 aromatic rings. The van der Waals surface area contributed by atoms with Crippen LogP contribution in [0.2, 0.25) is 0 Å². The number of carbonyl (C=O) groups excluding carboxylic acids is 2. The molecule has 7 nitrogen and oxygen atoms in total. The van der Waals surface area contributed by atoms with Gasteiger partial charge in [0.15, 0.2) is 0 Å². The van der Waals surface area contributed by atoms with E-state index in [0.29, 0.717) is 31.2 Å². The number of aryl methyl sites for hydroxylation is 2. The molecule has 0 atom stereocenters. The van der Waals surface area contributed by atoms with Crippen LogP contribution in [0.15, 0.2) is 42.7 Å². The van der Waals surface area contributed by atoms with Crippen molar-refractivity contribution in [2.75, 3.05) is 31.1 Å². The lowest BCUT2D eigenvalue weighted by Crippen LogP contribution is -2.41. The highest BCUT2D eigenvalue weighted by molar-refractivity contribution is 5.98. The van der Waals surface area contributed by atoms with Crippen LogP contribution in [-0.4, -0.2) is 63.4 Å². The van der Waals surface area contributed by atoms with E-state index >= 15 is 0 Å². The molecule has 2 amide bonds. The Morgan fingerprint density at radius 1 is 0.975 bits per heavy atom. The SMILES string of the molecule is CCn1cnc2cc(C(=O)N3CCN(C(C)C)CCCN(C(=O)C4CCCCC4)c4c(C)cccc4C3)ccc21. The van der Waals surface area contributed by atoms with Crippen molar-refractivity contribution in [3.8, 4) is 0 Å². The Morgan fingerprint density at radius 2 is 1.77 bits per heavy atom. The van der Waals surface area contributed by atoms with Gasteiger partial charge in [0.05, 0.1) is 23.0 Å². The van der Waals surface area contributed by atoms with Crippen LogP contribution in [0.5, 0.6) is 0 Å². The third-order valence-corrected chi connectivity index (χ3v) is 8.88. The van der Waals surface area contributed by atoms with Gasteiger partial charge < -0.3 is 14.4 Å². The van der Waals surface area contributed by atoms with Crippen molar-refractivity contribution in [2.24, 2.45) is 5.92 Å². The molecular formula is C33H45N5O2. The Morgan fingerprint density at radius 3 is 2.52 bits per heavy atom. The predicted molar refractivity (Wildman–Crippen MR) is 162 cm³/mol. The van der Waals surface area contributed by atoms with Crippen LogP contribution in [-0.2, 0) is 17.9 Å². The second-order valence-corrected chi connectivity index (χ2v) is 11.9. The molecule has 214 valence electrons. The summed E-state index contributed by atoms with van der Waals surface area (Å²) in [6, 6.07) is 12.5. The number of hydrogen-bond donors (Lipinski definition) is 0. The number of hydrogen-bond acceptors (Lipinski definition) is 4. The first-order chi connectivity index (χ1) is 19.4. The first kappa shape index (κ1) is 28.3. The highest BCUT2D eigenvalue weighted by atomic mass is 16.2. The van der Waals surface area contributed by atoms with Crippen LogP contribution in [0.3, 0.4) is 0 Å². The van der Waals surface area contributed by atoms with Crippen molar-refractivity contribution in [3.63, 3.8) is 0 Å². The number of fused-ring (bicyclic) bond motifs is 2. The van der Waals surface area contributed by atoms with E-state index in [-0.39, 0.29) is 17.7 Å². The number of rotatable bonds is 4. The summed E-state index contributed by atoms with van der Waals surface area (Å²) in [5.74, 6) is 0.369. The van der Waals surface area contributed by atoms with Gasteiger partial charge in [0.2, 0.25) is 5.91 Å². The molecule has 2 heterocycles. The van der Waals surface area contributed by atoms with E-state index in [1.165, 1.54) is 6.42 Å². The predicted octanol–water partition coefficient (Wildman–Crippen LogP) is 6.03. The minimum atomic E-state index is 0.00788. The lowest BCUT2D eigenvalue weighted by molar-refractivity contribution is -0.123. The van der Waals surface area contributed by atoms with Gasteiger partial charge in [0.25, 0.3) is 5.91 Å². The van der Waals surface area contributed by atoms with Gasteiger partial charge in [-0.25, -0.2) is 4.98 Å². The zero-order chi connectivity index (χ0) is 28.2. The molecule has 0 N–H and O–H groups in total. The molecule has 0 saturated heterocycles. The third-order valence-electron chi connectivity index (χ3n) is 8.88. The monoisotopic (exact) mass is 543 g/mol. The normalized spacial score (nSPS) is 18.1. The summed E-state index contributed by atoms with van der Waals surface area (Å²) in [5, 5.41) is 0.